The predicted octanol–water partition coefficient (Wildman–Crippen LogP) is 4.11. The SMILES string of the molecule is CC1=C(C)C(=O)N([C@H](C(=O)N(O)C(c2ccccc2)c2ccccc2)C(C)(C)C)C1=O. The fourth-order valence-corrected chi connectivity index (χ4v) is 3.88. The van der Waals surface area contributed by atoms with Crippen LogP contribution in [-0.4, -0.2) is 38.9 Å². The van der Waals surface area contributed by atoms with Gasteiger partial charge >= 0.3 is 0 Å². The number of nitrogens with zero attached hydrogens (tertiary/aromatic N) is 2. The van der Waals surface area contributed by atoms with E-state index in [1.807, 2.05) is 60.7 Å². The summed E-state index contributed by atoms with van der Waals surface area (Å²) in [6.07, 6.45) is 0. The number of amides is 3. The highest BCUT2D eigenvalue weighted by Gasteiger charge is 2.49. The normalized spacial score (nSPS) is 15.6. The van der Waals surface area contributed by atoms with Crippen molar-refractivity contribution in [2.45, 2.75) is 46.7 Å². The fourth-order valence-electron chi connectivity index (χ4n) is 3.88. The van der Waals surface area contributed by atoms with E-state index in [0.29, 0.717) is 27.3 Å². The first-order chi connectivity index (χ1) is 14.6. The smallest absolute Gasteiger partial charge is 0.270 e. The minimum Gasteiger partial charge on any atom is -0.285 e. The van der Waals surface area contributed by atoms with Crippen molar-refractivity contribution in [3.05, 3.63) is 82.9 Å². The van der Waals surface area contributed by atoms with Crippen molar-refractivity contribution in [1.29, 1.82) is 0 Å². The zero-order valence-corrected chi connectivity index (χ0v) is 18.5. The van der Waals surface area contributed by atoms with Gasteiger partial charge in [0.05, 0.1) is 0 Å². The van der Waals surface area contributed by atoms with E-state index < -0.39 is 35.2 Å². The van der Waals surface area contributed by atoms with E-state index in [1.54, 1.807) is 34.6 Å². The molecule has 0 fully saturated rings. The molecule has 0 aliphatic carbocycles. The Bertz CT molecular complexity index is 959. The molecule has 162 valence electrons. The van der Waals surface area contributed by atoms with Crippen LogP contribution in [0.3, 0.4) is 0 Å². The summed E-state index contributed by atoms with van der Waals surface area (Å²) in [6, 6.07) is 16.4. The molecule has 1 N–H and O–H groups in total. The minimum absolute atomic E-state index is 0.319. The average Bonchev–Trinajstić information content (AvgIpc) is 2.92. The van der Waals surface area contributed by atoms with Gasteiger partial charge in [0.2, 0.25) is 0 Å². The monoisotopic (exact) mass is 420 g/mol. The van der Waals surface area contributed by atoms with Gasteiger partial charge in [-0.2, -0.15) is 0 Å². The number of carbonyl (C=O) groups excluding carboxylic acids is 3. The molecule has 2 aromatic rings. The summed E-state index contributed by atoms with van der Waals surface area (Å²) in [7, 11) is 0. The van der Waals surface area contributed by atoms with Gasteiger partial charge in [0.1, 0.15) is 12.1 Å². The van der Waals surface area contributed by atoms with Crippen molar-refractivity contribution in [2.75, 3.05) is 0 Å². The van der Waals surface area contributed by atoms with Crippen molar-refractivity contribution >= 4 is 17.7 Å². The summed E-state index contributed by atoms with van der Waals surface area (Å²) in [5.41, 5.74) is 1.26. The summed E-state index contributed by atoms with van der Waals surface area (Å²) in [5, 5.41) is 11.9. The second-order valence-electron chi connectivity index (χ2n) is 8.91. The molecule has 0 radical (unpaired) electrons. The highest BCUT2D eigenvalue weighted by atomic mass is 16.5. The summed E-state index contributed by atoms with van der Waals surface area (Å²) in [4.78, 5) is 40.4. The van der Waals surface area contributed by atoms with Crippen molar-refractivity contribution in [3.8, 4) is 0 Å². The highest BCUT2D eigenvalue weighted by Crippen LogP contribution is 2.35. The second-order valence-corrected chi connectivity index (χ2v) is 8.91. The van der Waals surface area contributed by atoms with Crippen molar-refractivity contribution < 1.29 is 19.6 Å². The third kappa shape index (κ3) is 4.16. The molecular weight excluding hydrogens is 392 g/mol. The molecular formula is C25H28N2O4. The largest absolute Gasteiger partial charge is 0.285 e. The molecule has 0 spiro atoms. The van der Waals surface area contributed by atoms with E-state index in [1.165, 1.54) is 0 Å². The minimum atomic E-state index is -1.17. The third-order valence-electron chi connectivity index (χ3n) is 5.66. The van der Waals surface area contributed by atoms with Crippen LogP contribution in [0.1, 0.15) is 51.8 Å². The highest BCUT2D eigenvalue weighted by molar-refractivity contribution is 6.20. The van der Waals surface area contributed by atoms with Crippen LogP contribution in [0.2, 0.25) is 0 Å². The molecule has 0 saturated carbocycles. The van der Waals surface area contributed by atoms with Crippen molar-refractivity contribution in [3.63, 3.8) is 0 Å². The molecule has 0 unspecified atom stereocenters. The van der Waals surface area contributed by atoms with Gasteiger partial charge in [0.15, 0.2) is 0 Å². The van der Waals surface area contributed by atoms with Crippen molar-refractivity contribution in [1.82, 2.24) is 9.96 Å². The molecule has 3 amide bonds. The maximum Gasteiger partial charge on any atom is 0.270 e. The molecule has 6 heteroatoms. The van der Waals surface area contributed by atoms with Crippen LogP contribution in [0.15, 0.2) is 71.8 Å². The van der Waals surface area contributed by atoms with E-state index in [4.69, 9.17) is 0 Å². The van der Waals surface area contributed by atoms with Gasteiger partial charge in [-0.25, -0.2) is 5.06 Å². The van der Waals surface area contributed by atoms with Crippen molar-refractivity contribution in [2.24, 2.45) is 5.41 Å². The number of benzene rings is 2. The molecule has 6 nitrogen and oxygen atoms in total. The Kier molecular flexibility index (Phi) is 6.13. The number of hydrogen-bond donors (Lipinski definition) is 1. The van der Waals surface area contributed by atoms with E-state index in [0.717, 1.165) is 4.90 Å². The standard InChI is InChI=1S/C25H28N2O4/c1-16-17(2)23(29)26(22(16)28)21(25(3,4)5)24(30)27(31)20(18-12-8-6-9-13-18)19-14-10-7-11-15-19/h6-15,20-21,31H,1-5H3/t21-/m1/s1. The van der Waals surface area contributed by atoms with Gasteiger partial charge in [-0.3, -0.25) is 24.5 Å². The number of carbonyl (C=O) groups is 3. The lowest BCUT2D eigenvalue weighted by atomic mass is 9.84. The first-order valence-electron chi connectivity index (χ1n) is 10.2. The Morgan fingerprint density at radius 3 is 1.58 bits per heavy atom. The average molecular weight is 421 g/mol. The number of imide groups is 1. The molecule has 3 rings (SSSR count). The van der Waals surface area contributed by atoms with Crippen LogP contribution in [-0.2, 0) is 14.4 Å². The van der Waals surface area contributed by atoms with Gasteiger partial charge in [-0.15, -0.1) is 0 Å². The van der Waals surface area contributed by atoms with E-state index in [-0.39, 0.29) is 0 Å². The maximum absolute atomic E-state index is 13.7. The summed E-state index contributed by atoms with van der Waals surface area (Å²) >= 11 is 0. The summed E-state index contributed by atoms with van der Waals surface area (Å²) in [5.74, 6) is -1.71. The molecule has 0 bridgehead atoms. The lowest BCUT2D eigenvalue weighted by Gasteiger charge is -2.39. The Morgan fingerprint density at radius 2 is 1.23 bits per heavy atom. The topological polar surface area (TPSA) is 77.9 Å². The third-order valence-corrected chi connectivity index (χ3v) is 5.66. The Balaban J connectivity index is 2.06. The van der Waals surface area contributed by atoms with E-state index in [9.17, 15) is 19.6 Å². The quantitative estimate of drug-likeness (QED) is 0.449. The second kappa shape index (κ2) is 8.47. The first kappa shape index (κ1) is 22.4. The van der Waals surface area contributed by atoms with Crippen LogP contribution in [0, 0.1) is 5.41 Å². The Labute approximate surface area is 182 Å². The van der Waals surface area contributed by atoms with E-state index >= 15 is 0 Å². The molecule has 0 saturated heterocycles. The van der Waals surface area contributed by atoms with Crippen LogP contribution in [0.25, 0.3) is 0 Å². The van der Waals surface area contributed by atoms with Gasteiger partial charge in [0, 0.05) is 11.1 Å². The Morgan fingerprint density at radius 1 is 0.839 bits per heavy atom. The molecule has 1 heterocycles. The summed E-state index contributed by atoms with van der Waals surface area (Å²) in [6.45, 7) is 8.47. The molecule has 2 aromatic carbocycles. The molecule has 31 heavy (non-hydrogen) atoms. The number of hydrogen-bond acceptors (Lipinski definition) is 4. The number of rotatable bonds is 5. The Hall–Kier alpha value is -3.25. The zero-order valence-electron chi connectivity index (χ0n) is 18.5. The van der Waals surface area contributed by atoms with Crippen LogP contribution < -0.4 is 0 Å². The molecule has 1 aliphatic heterocycles. The fraction of sp³-hybridized carbons (Fsp3) is 0.320. The lowest BCUT2D eigenvalue weighted by Crippen LogP contribution is -2.57. The van der Waals surface area contributed by atoms with Crippen LogP contribution >= 0.6 is 0 Å². The molecule has 0 aromatic heterocycles. The van der Waals surface area contributed by atoms with E-state index in [2.05, 4.69) is 0 Å². The summed E-state index contributed by atoms with van der Waals surface area (Å²) < 4.78 is 0. The van der Waals surface area contributed by atoms with Gasteiger partial charge in [-0.05, 0) is 30.4 Å². The first-order valence-corrected chi connectivity index (χ1v) is 10.2. The van der Waals surface area contributed by atoms with Gasteiger partial charge in [0.25, 0.3) is 17.7 Å². The molecule has 1 aliphatic rings. The van der Waals surface area contributed by atoms with Crippen LogP contribution in [0.4, 0.5) is 0 Å². The molecule has 1 atom stereocenters. The lowest BCUT2D eigenvalue weighted by molar-refractivity contribution is -0.185. The van der Waals surface area contributed by atoms with Gasteiger partial charge in [-0.1, -0.05) is 81.4 Å². The van der Waals surface area contributed by atoms with Gasteiger partial charge < -0.3 is 0 Å². The number of hydroxylamine groups is 2. The van der Waals surface area contributed by atoms with Crippen LogP contribution in [0.5, 0.6) is 0 Å². The maximum atomic E-state index is 13.7. The zero-order chi connectivity index (χ0) is 22.9. The predicted molar refractivity (Wildman–Crippen MR) is 117 cm³/mol.